The Morgan fingerprint density at radius 1 is 0.971 bits per heavy atom. The number of rotatable bonds is 7. The van der Waals surface area contributed by atoms with Gasteiger partial charge in [0.05, 0.1) is 11.1 Å². The molecule has 1 unspecified atom stereocenters. The van der Waals surface area contributed by atoms with Crippen LogP contribution >= 0.6 is 0 Å². The molecule has 178 valence electrons. The van der Waals surface area contributed by atoms with Gasteiger partial charge in [0.1, 0.15) is 6.04 Å². The van der Waals surface area contributed by atoms with Gasteiger partial charge in [-0.1, -0.05) is 43.7 Å². The summed E-state index contributed by atoms with van der Waals surface area (Å²) in [6.45, 7) is 6.67. The fourth-order valence-electron chi connectivity index (χ4n) is 3.75. The Hall–Kier alpha value is -4.01. The lowest BCUT2D eigenvalue weighted by molar-refractivity contribution is -0.152. The molecular formula is C25H27N3O6. The predicted molar refractivity (Wildman–Crippen MR) is 124 cm³/mol. The van der Waals surface area contributed by atoms with E-state index in [0.29, 0.717) is 5.69 Å². The van der Waals surface area contributed by atoms with Crippen LogP contribution in [0, 0.1) is 19.8 Å². The van der Waals surface area contributed by atoms with E-state index in [2.05, 4.69) is 10.6 Å². The fraction of sp³-hybridized carbons (Fsp3) is 0.320. The monoisotopic (exact) mass is 465 g/mol. The molecule has 34 heavy (non-hydrogen) atoms. The van der Waals surface area contributed by atoms with Crippen molar-refractivity contribution in [2.45, 2.75) is 40.2 Å². The van der Waals surface area contributed by atoms with E-state index in [1.807, 2.05) is 39.8 Å². The molecule has 1 aliphatic heterocycles. The first-order chi connectivity index (χ1) is 16.1. The number of amides is 5. The van der Waals surface area contributed by atoms with E-state index < -0.39 is 42.4 Å². The number of fused-ring (bicyclic) bond motifs is 1. The molecule has 0 aliphatic carbocycles. The molecule has 0 spiro atoms. The molecular weight excluding hydrogens is 438 g/mol. The van der Waals surface area contributed by atoms with E-state index in [9.17, 15) is 24.0 Å². The highest BCUT2D eigenvalue weighted by Crippen LogP contribution is 2.27. The van der Waals surface area contributed by atoms with Crippen molar-refractivity contribution in [3.63, 3.8) is 0 Å². The second-order valence-corrected chi connectivity index (χ2v) is 8.60. The number of urea groups is 1. The average Bonchev–Trinajstić information content (AvgIpc) is 3.02. The molecule has 9 nitrogen and oxygen atoms in total. The second-order valence-electron chi connectivity index (χ2n) is 8.60. The number of anilines is 1. The first-order valence-electron chi connectivity index (χ1n) is 10.9. The number of hydrogen-bond donors (Lipinski definition) is 2. The summed E-state index contributed by atoms with van der Waals surface area (Å²) in [5, 5.41) is 4.66. The zero-order valence-corrected chi connectivity index (χ0v) is 19.5. The van der Waals surface area contributed by atoms with Gasteiger partial charge < -0.3 is 10.1 Å². The summed E-state index contributed by atoms with van der Waals surface area (Å²) in [5.41, 5.74) is 2.83. The standard InChI is InChI=1S/C25H27N3O6/c1-14(2)11-20(28-22(30)17-7-5-6-8-18(17)23(28)31)24(32)34-13-21(29)27-25(33)26-19-10-9-15(3)12-16(19)4/h5-10,12,14,20H,11,13H2,1-4H3,(H2,26,27,29,33). The topological polar surface area (TPSA) is 122 Å². The van der Waals surface area contributed by atoms with E-state index in [4.69, 9.17) is 4.74 Å². The summed E-state index contributed by atoms with van der Waals surface area (Å²) in [5.74, 6) is -2.95. The third kappa shape index (κ3) is 5.48. The molecule has 0 aromatic heterocycles. The van der Waals surface area contributed by atoms with Gasteiger partial charge in [-0.2, -0.15) is 0 Å². The van der Waals surface area contributed by atoms with E-state index in [1.54, 1.807) is 18.2 Å². The van der Waals surface area contributed by atoms with Gasteiger partial charge in [0, 0.05) is 5.69 Å². The van der Waals surface area contributed by atoms with Crippen LogP contribution in [0.3, 0.4) is 0 Å². The molecule has 0 radical (unpaired) electrons. The number of esters is 1. The highest BCUT2D eigenvalue weighted by Gasteiger charge is 2.43. The third-order valence-corrected chi connectivity index (χ3v) is 5.33. The van der Waals surface area contributed by atoms with Gasteiger partial charge in [0.25, 0.3) is 17.7 Å². The van der Waals surface area contributed by atoms with E-state index >= 15 is 0 Å². The van der Waals surface area contributed by atoms with E-state index in [-0.39, 0.29) is 23.5 Å². The van der Waals surface area contributed by atoms with Crippen LogP contribution < -0.4 is 10.6 Å². The van der Waals surface area contributed by atoms with Gasteiger partial charge in [0.15, 0.2) is 6.61 Å². The van der Waals surface area contributed by atoms with Crippen molar-refractivity contribution in [2.24, 2.45) is 5.92 Å². The highest BCUT2D eigenvalue weighted by molar-refractivity contribution is 6.22. The Kier molecular flexibility index (Phi) is 7.45. The minimum absolute atomic E-state index is 0.0424. The van der Waals surface area contributed by atoms with Crippen molar-refractivity contribution in [3.8, 4) is 0 Å². The lowest BCUT2D eigenvalue weighted by atomic mass is 10.0. The van der Waals surface area contributed by atoms with Crippen LogP contribution in [0.15, 0.2) is 42.5 Å². The van der Waals surface area contributed by atoms with Crippen LogP contribution in [0.25, 0.3) is 0 Å². The van der Waals surface area contributed by atoms with E-state index in [0.717, 1.165) is 16.0 Å². The molecule has 1 aliphatic rings. The van der Waals surface area contributed by atoms with Crippen molar-refractivity contribution in [3.05, 3.63) is 64.7 Å². The maximum Gasteiger partial charge on any atom is 0.329 e. The molecule has 1 atom stereocenters. The quantitative estimate of drug-likeness (QED) is 0.478. The predicted octanol–water partition coefficient (Wildman–Crippen LogP) is 3.21. The summed E-state index contributed by atoms with van der Waals surface area (Å²) in [6, 6.07) is 9.77. The second kappa shape index (κ2) is 10.3. The molecule has 9 heteroatoms. The van der Waals surface area contributed by atoms with Crippen LogP contribution in [0.2, 0.25) is 0 Å². The molecule has 2 aromatic carbocycles. The summed E-state index contributed by atoms with van der Waals surface area (Å²) in [7, 11) is 0. The first-order valence-corrected chi connectivity index (χ1v) is 10.9. The zero-order valence-electron chi connectivity index (χ0n) is 19.5. The first kappa shape index (κ1) is 24.6. The zero-order chi connectivity index (χ0) is 25.0. The van der Waals surface area contributed by atoms with Gasteiger partial charge in [-0.25, -0.2) is 9.59 Å². The molecule has 0 bridgehead atoms. The number of benzene rings is 2. The number of nitrogens with one attached hydrogen (secondary N) is 2. The van der Waals surface area contributed by atoms with Gasteiger partial charge in [0.2, 0.25) is 0 Å². The van der Waals surface area contributed by atoms with Crippen LogP contribution in [0.4, 0.5) is 10.5 Å². The van der Waals surface area contributed by atoms with Crippen LogP contribution in [-0.4, -0.2) is 47.3 Å². The Balaban J connectivity index is 1.62. The third-order valence-electron chi connectivity index (χ3n) is 5.33. The van der Waals surface area contributed by atoms with Crippen molar-refractivity contribution >= 4 is 35.4 Å². The number of imide groups is 2. The molecule has 2 aromatic rings. The van der Waals surface area contributed by atoms with Crippen molar-refractivity contribution in [2.75, 3.05) is 11.9 Å². The Morgan fingerprint density at radius 2 is 1.59 bits per heavy atom. The average molecular weight is 466 g/mol. The Labute approximate surface area is 197 Å². The van der Waals surface area contributed by atoms with Crippen molar-refractivity contribution in [1.82, 2.24) is 10.2 Å². The fourth-order valence-corrected chi connectivity index (χ4v) is 3.75. The summed E-state index contributed by atoms with van der Waals surface area (Å²) < 4.78 is 5.09. The highest BCUT2D eigenvalue weighted by atomic mass is 16.5. The maximum absolute atomic E-state index is 12.8. The van der Waals surface area contributed by atoms with Crippen LogP contribution in [0.5, 0.6) is 0 Å². The lowest BCUT2D eigenvalue weighted by Crippen LogP contribution is -2.47. The number of carbonyl (C=O) groups is 5. The number of ether oxygens (including phenoxy) is 1. The normalized spacial score (nSPS) is 13.5. The summed E-state index contributed by atoms with van der Waals surface area (Å²) in [6.07, 6.45) is 0.166. The van der Waals surface area contributed by atoms with Gasteiger partial charge in [-0.05, 0) is 49.9 Å². The van der Waals surface area contributed by atoms with Gasteiger partial charge in [-0.3, -0.25) is 24.6 Å². The van der Waals surface area contributed by atoms with Crippen LogP contribution in [-0.2, 0) is 14.3 Å². The maximum atomic E-state index is 12.8. The van der Waals surface area contributed by atoms with Crippen LogP contribution in [0.1, 0.15) is 52.1 Å². The summed E-state index contributed by atoms with van der Waals surface area (Å²) in [4.78, 5) is 63.6. The van der Waals surface area contributed by atoms with Crippen molar-refractivity contribution < 1.29 is 28.7 Å². The Morgan fingerprint density at radius 3 is 2.15 bits per heavy atom. The molecule has 5 amide bonds. The SMILES string of the molecule is Cc1ccc(NC(=O)NC(=O)COC(=O)C(CC(C)C)N2C(=O)c3ccccc3C2=O)c(C)c1. The molecule has 0 saturated heterocycles. The molecule has 0 saturated carbocycles. The smallest absolute Gasteiger partial charge is 0.329 e. The number of aryl methyl sites for hydroxylation is 2. The molecule has 2 N–H and O–H groups in total. The summed E-state index contributed by atoms with van der Waals surface area (Å²) >= 11 is 0. The number of hydrogen-bond acceptors (Lipinski definition) is 6. The van der Waals surface area contributed by atoms with Gasteiger partial charge >= 0.3 is 12.0 Å². The van der Waals surface area contributed by atoms with Crippen molar-refractivity contribution in [1.29, 1.82) is 0 Å². The largest absolute Gasteiger partial charge is 0.454 e. The number of carbonyl (C=O) groups excluding carboxylic acids is 5. The number of nitrogens with zero attached hydrogens (tertiary/aromatic N) is 1. The lowest BCUT2D eigenvalue weighted by Gasteiger charge is -2.25. The minimum atomic E-state index is -1.19. The molecule has 1 heterocycles. The van der Waals surface area contributed by atoms with E-state index in [1.165, 1.54) is 12.1 Å². The molecule has 0 fully saturated rings. The Bertz CT molecular complexity index is 1120. The molecule has 3 rings (SSSR count). The minimum Gasteiger partial charge on any atom is -0.454 e. The van der Waals surface area contributed by atoms with Gasteiger partial charge in [-0.15, -0.1) is 0 Å².